The lowest BCUT2D eigenvalue weighted by molar-refractivity contribution is 0.0665. The Kier molecular flexibility index (Phi) is 6.85. The zero-order chi connectivity index (χ0) is 13.4. The number of ether oxygens (including phenoxy) is 2. The second-order valence-corrected chi connectivity index (χ2v) is 4.34. The molecule has 1 aromatic heterocycles. The molecule has 0 spiro atoms. The zero-order valence-electron chi connectivity index (χ0n) is 11.4. The molecule has 0 aliphatic carbocycles. The van der Waals surface area contributed by atoms with E-state index in [4.69, 9.17) is 19.7 Å². The van der Waals surface area contributed by atoms with Gasteiger partial charge in [-0.25, -0.2) is 0 Å². The molecule has 0 saturated carbocycles. The van der Waals surface area contributed by atoms with Gasteiger partial charge < -0.3 is 19.7 Å². The van der Waals surface area contributed by atoms with Crippen LogP contribution in [0.4, 0.5) is 0 Å². The Hall–Kier alpha value is -0.980. The minimum atomic E-state index is -0.336. The summed E-state index contributed by atoms with van der Waals surface area (Å²) in [5.41, 5.74) is 5.90. The van der Waals surface area contributed by atoms with Crippen molar-refractivity contribution in [2.45, 2.75) is 45.8 Å². The molecule has 0 bridgehead atoms. The summed E-state index contributed by atoms with van der Waals surface area (Å²) >= 11 is 0. The van der Waals surface area contributed by atoms with Crippen molar-refractivity contribution in [3.63, 3.8) is 0 Å². The largest absolute Gasteiger partial charge is 0.382 e. The van der Waals surface area contributed by atoms with Crippen LogP contribution < -0.4 is 5.73 Å². The second kappa shape index (κ2) is 8.18. The van der Waals surface area contributed by atoms with Gasteiger partial charge >= 0.3 is 0 Å². The Morgan fingerprint density at radius 2 is 2.17 bits per heavy atom. The van der Waals surface area contributed by atoms with E-state index in [-0.39, 0.29) is 12.1 Å². The summed E-state index contributed by atoms with van der Waals surface area (Å²) < 4.78 is 15.8. The van der Waals surface area contributed by atoms with Gasteiger partial charge in [0.1, 0.15) is 0 Å². The monoisotopic (exact) mass is 257 g/mol. The average Bonchev–Trinajstić information content (AvgIpc) is 2.80. The van der Waals surface area contributed by atoms with Gasteiger partial charge in [0, 0.05) is 19.6 Å². The van der Waals surface area contributed by atoms with Gasteiger partial charge in [0.2, 0.25) is 5.89 Å². The van der Waals surface area contributed by atoms with E-state index in [0.717, 1.165) is 13.0 Å². The molecule has 1 atom stereocenters. The van der Waals surface area contributed by atoms with Crippen LogP contribution in [0.25, 0.3) is 0 Å². The van der Waals surface area contributed by atoms with E-state index >= 15 is 0 Å². The summed E-state index contributed by atoms with van der Waals surface area (Å²) in [4.78, 5) is 4.25. The molecule has 1 aromatic rings. The molecular weight excluding hydrogens is 234 g/mol. The maximum absolute atomic E-state index is 5.90. The molecule has 0 aliphatic heterocycles. The second-order valence-electron chi connectivity index (χ2n) is 4.34. The highest BCUT2D eigenvalue weighted by atomic mass is 16.5. The molecule has 6 heteroatoms. The number of aryl methyl sites for hydroxylation is 1. The van der Waals surface area contributed by atoms with E-state index in [1.165, 1.54) is 0 Å². The molecule has 0 saturated heterocycles. The van der Waals surface area contributed by atoms with Crippen LogP contribution in [-0.4, -0.2) is 36.1 Å². The Morgan fingerprint density at radius 1 is 1.39 bits per heavy atom. The highest BCUT2D eigenvalue weighted by molar-refractivity contribution is 4.93. The molecule has 2 N–H and O–H groups in total. The van der Waals surface area contributed by atoms with E-state index in [9.17, 15) is 0 Å². The van der Waals surface area contributed by atoms with Crippen molar-refractivity contribution in [1.29, 1.82) is 0 Å². The number of hydrogen-bond donors (Lipinski definition) is 1. The van der Waals surface area contributed by atoms with Crippen LogP contribution >= 0.6 is 0 Å². The molecular formula is C12H23N3O3. The smallest absolute Gasteiger partial charge is 0.226 e. The first-order valence-corrected chi connectivity index (χ1v) is 6.40. The molecule has 0 aliphatic rings. The minimum absolute atomic E-state index is 0.147. The van der Waals surface area contributed by atoms with Crippen molar-refractivity contribution >= 4 is 0 Å². The van der Waals surface area contributed by atoms with Gasteiger partial charge in [-0.2, -0.15) is 4.98 Å². The van der Waals surface area contributed by atoms with Crippen LogP contribution in [0.15, 0.2) is 4.52 Å². The summed E-state index contributed by atoms with van der Waals surface area (Å²) in [5, 5.41) is 3.86. The fraction of sp³-hybridized carbons (Fsp3) is 0.833. The van der Waals surface area contributed by atoms with Crippen LogP contribution in [0.2, 0.25) is 0 Å². The third-order valence-electron chi connectivity index (χ3n) is 2.31. The van der Waals surface area contributed by atoms with Crippen LogP contribution in [0, 0.1) is 0 Å². The van der Waals surface area contributed by atoms with Crippen LogP contribution in [0.1, 0.15) is 44.9 Å². The number of hydrogen-bond acceptors (Lipinski definition) is 6. The predicted octanol–water partition coefficient (Wildman–Crippen LogP) is 1.46. The fourth-order valence-electron chi connectivity index (χ4n) is 1.36. The summed E-state index contributed by atoms with van der Waals surface area (Å²) in [7, 11) is 0. The third kappa shape index (κ3) is 5.57. The summed E-state index contributed by atoms with van der Waals surface area (Å²) in [6.45, 7) is 7.72. The molecule has 1 heterocycles. The first-order valence-electron chi connectivity index (χ1n) is 6.40. The third-order valence-corrected chi connectivity index (χ3v) is 2.31. The van der Waals surface area contributed by atoms with Gasteiger partial charge in [0.15, 0.2) is 5.82 Å². The van der Waals surface area contributed by atoms with Gasteiger partial charge in [-0.15, -0.1) is 0 Å². The molecule has 104 valence electrons. The number of nitrogens with zero attached hydrogens (tertiary/aromatic N) is 2. The first kappa shape index (κ1) is 15.1. The quantitative estimate of drug-likeness (QED) is 0.674. The molecule has 18 heavy (non-hydrogen) atoms. The van der Waals surface area contributed by atoms with Gasteiger partial charge in [0.25, 0.3) is 0 Å². The van der Waals surface area contributed by atoms with Crippen molar-refractivity contribution in [1.82, 2.24) is 10.1 Å². The van der Waals surface area contributed by atoms with E-state index in [0.29, 0.717) is 31.3 Å². The predicted molar refractivity (Wildman–Crippen MR) is 67.1 cm³/mol. The highest BCUT2D eigenvalue weighted by Crippen LogP contribution is 2.09. The SMILES string of the molecule is CCOCCCc1nc(C(N)COC(C)C)no1. The maximum atomic E-state index is 5.90. The highest BCUT2D eigenvalue weighted by Gasteiger charge is 2.14. The normalized spacial score (nSPS) is 13.2. The maximum Gasteiger partial charge on any atom is 0.226 e. The van der Waals surface area contributed by atoms with Gasteiger partial charge in [0.05, 0.1) is 18.8 Å². The Bertz CT molecular complexity index is 328. The van der Waals surface area contributed by atoms with E-state index in [2.05, 4.69) is 10.1 Å². The van der Waals surface area contributed by atoms with Gasteiger partial charge in [-0.05, 0) is 27.2 Å². The van der Waals surface area contributed by atoms with Crippen molar-refractivity contribution in [3.8, 4) is 0 Å². The number of nitrogens with two attached hydrogens (primary N) is 1. The van der Waals surface area contributed by atoms with Crippen LogP contribution in [0.3, 0.4) is 0 Å². The molecule has 6 nitrogen and oxygen atoms in total. The lowest BCUT2D eigenvalue weighted by Gasteiger charge is -2.10. The molecule has 0 amide bonds. The minimum Gasteiger partial charge on any atom is -0.382 e. The van der Waals surface area contributed by atoms with E-state index < -0.39 is 0 Å². The van der Waals surface area contributed by atoms with E-state index in [1.807, 2.05) is 20.8 Å². The van der Waals surface area contributed by atoms with Crippen LogP contribution in [-0.2, 0) is 15.9 Å². The molecule has 0 radical (unpaired) electrons. The van der Waals surface area contributed by atoms with Crippen molar-refractivity contribution in [2.24, 2.45) is 5.73 Å². The van der Waals surface area contributed by atoms with Crippen LogP contribution in [0.5, 0.6) is 0 Å². The Labute approximate surface area is 108 Å². The van der Waals surface area contributed by atoms with Crippen molar-refractivity contribution in [3.05, 3.63) is 11.7 Å². The fourth-order valence-corrected chi connectivity index (χ4v) is 1.36. The number of aromatic nitrogens is 2. The number of rotatable bonds is 9. The zero-order valence-corrected chi connectivity index (χ0v) is 11.4. The molecule has 0 fully saturated rings. The summed E-state index contributed by atoms with van der Waals surface area (Å²) in [6.07, 6.45) is 1.73. The topological polar surface area (TPSA) is 83.4 Å². The Morgan fingerprint density at radius 3 is 2.83 bits per heavy atom. The summed E-state index contributed by atoms with van der Waals surface area (Å²) in [6, 6.07) is -0.336. The standard InChI is InChI=1S/C12H23N3O3/c1-4-16-7-5-6-11-14-12(15-18-11)10(13)8-17-9(2)3/h9-10H,4-8,13H2,1-3H3. The molecule has 1 unspecified atom stereocenters. The average molecular weight is 257 g/mol. The summed E-state index contributed by atoms with van der Waals surface area (Å²) in [5.74, 6) is 1.10. The first-order chi connectivity index (χ1) is 8.63. The molecule has 0 aromatic carbocycles. The van der Waals surface area contributed by atoms with Crippen molar-refractivity contribution < 1.29 is 14.0 Å². The van der Waals surface area contributed by atoms with Gasteiger partial charge in [-0.3, -0.25) is 0 Å². The lowest BCUT2D eigenvalue weighted by Crippen LogP contribution is -2.20. The van der Waals surface area contributed by atoms with Crippen molar-refractivity contribution in [2.75, 3.05) is 19.8 Å². The van der Waals surface area contributed by atoms with Gasteiger partial charge in [-0.1, -0.05) is 5.16 Å². The Balaban J connectivity index is 2.32. The lowest BCUT2D eigenvalue weighted by atomic mass is 10.3. The molecule has 1 rings (SSSR count). The van der Waals surface area contributed by atoms with E-state index in [1.54, 1.807) is 0 Å².